The number of aromatic nitrogens is 1. The van der Waals surface area contributed by atoms with Gasteiger partial charge in [0.2, 0.25) is 5.91 Å². The number of amides is 1. The van der Waals surface area contributed by atoms with E-state index in [-0.39, 0.29) is 5.91 Å². The van der Waals surface area contributed by atoms with Gasteiger partial charge in [-0.1, -0.05) is 31.3 Å². The van der Waals surface area contributed by atoms with Crippen LogP contribution in [0.4, 0.5) is 5.13 Å². The molecular weight excluding hydrogens is 244 g/mol. The molecule has 1 N–H and O–H groups in total. The first kappa shape index (κ1) is 13.0. The average molecular weight is 262 g/mol. The summed E-state index contributed by atoms with van der Waals surface area (Å²) >= 11 is 1.53. The fraction of sp³-hybridized carbons (Fsp3) is 0.429. The summed E-state index contributed by atoms with van der Waals surface area (Å²) in [7, 11) is 0. The van der Waals surface area contributed by atoms with Crippen molar-refractivity contribution in [3.05, 3.63) is 23.8 Å². The second kappa shape index (κ2) is 5.48. The predicted octanol–water partition coefficient (Wildman–Crippen LogP) is 3.98. The molecule has 4 heteroatoms. The second-order valence-electron chi connectivity index (χ2n) is 4.97. The summed E-state index contributed by atoms with van der Waals surface area (Å²) in [6, 6.07) is 6.12. The Morgan fingerprint density at radius 3 is 2.94 bits per heavy atom. The molecule has 0 atom stereocenters. The van der Waals surface area contributed by atoms with Gasteiger partial charge in [0.05, 0.1) is 10.2 Å². The molecule has 0 bridgehead atoms. The van der Waals surface area contributed by atoms with Crippen molar-refractivity contribution in [2.24, 2.45) is 5.92 Å². The highest BCUT2D eigenvalue weighted by Crippen LogP contribution is 2.26. The lowest BCUT2D eigenvalue weighted by molar-refractivity contribution is -0.116. The van der Waals surface area contributed by atoms with Gasteiger partial charge in [-0.25, -0.2) is 4.98 Å². The maximum atomic E-state index is 11.7. The van der Waals surface area contributed by atoms with Crippen molar-refractivity contribution in [1.82, 2.24) is 4.98 Å². The molecule has 0 unspecified atom stereocenters. The quantitative estimate of drug-likeness (QED) is 0.905. The normalized spacial score (nSPS) is 11.1. The Bertz CT molecular complexity index is 560. The molecule has 0 aliphatic rings. The van der Waals surface area contributed by atoms with E-state index in [2.05, 4.69) is 37.1 Å². The molecule has 1 amide bonds. The highest BCUT2D eigenvalue weighted by atomic mass is 32.1. The molecule has 0 fully saturated rings. The van der Waals surface area contributed by atoms with Crippen molar-refractivity contribution in [2.75, 3.05) is 5.32 Å². The first-order valence-electron chi connectivity index (χ1n) is 6.21. The van der Waals surface area contributed by atoms with Crippen molar-refractivity contribution >= 4 is 32.6 Å². The molecule has 2 rings (SSSR count). The minimum atomic E-state index is 0.0551. The van der Waals surface area contributed by atoms with Crippen molar-refractivity contribution in [3.63, 3.8) is 0 Å². The SMILES string of the molecule is Cc1ccc2nc(NC(=O)CCC(C)C)sc2c1. The number of thiazole rings is 1. The maximum Gasteiger partial charge on any atom is 0.226 e. The maximum absolute atomic E-state index is 11.7. The fourth-order valence-electron chi connectivity index (χ4n) is 1.69. The molecule has 0 aliphatic heterocycles. The Morgan fingerprint density at radius 1 is 1.44 bits per heavy atom. The number of hydrogen-bond donors (Lipinski definition) is 1. The Hall–Kier alpha value is -1.42. The van der Waals surface area contributed by atoms with Crippen LogP contribution in [0, 0.1) is 12.8 Å². The van der Waals surface area contributed by atoms with Gasteiger partial charge in [0, 0.05) is 6.42 Å². The largest absolute Gasteiger partial charge is 0.302 e. The van der Waals surface area contributed by atoms with Crippen molar-refractivity contribution in [3.8, 4) is 0 Å². The molecule has 1 aromatic heterocycles. The number of fused-ring (bicyclic) bond motifs is 1. The zero-order valence-corrected chi connectivity index (χ0v) is 11.8. The van der Waals surface area contributed by atoms with Crippen LogP contribution in [0.5, 0.6) is 0 Å². The number of aryl methyl sites for hydroxylation is 1. The van der Waals surface area contributed by atoms with Gasteiger partial charge in [0.15, 0.2) is 5.13 Å². The zero-order chi connectivity index (χ0) is 13.1. The number of nitrogens with one attached hydrogen (secondary N) is 1. The van der Waals surface area contributed by atoms with Gasteiger partial charge in [-0.05, 0) is 37.0 Å². The number of carbonyl (C=O) groups is 1. The van der Waals surface area contributed by atoms with E-state index >= 15 is 0 Å². The molecule has 0 spiro atoms. The van der Waals surface area contributed by atoms with Gasteiger partial charge in [-0.3, -0.25) is 4.79 Å². The number of nitrogens with zero attached hydrogens (tertiary/aromatic N) is 1. The molecule has 18 heavy (non-hydrogen) atoms. The van der Waals surface area contributed by atoms with E-state index < -0.39 is 0 Å². The molecule has 2 aromatic rings. The summed E-state index contributed by atoms with van der Waals surface area (Å²) in [6.45, 7) is 6.29. The monoisotopic (exact) mass is 262 g/mol. The summed E-state index contributed by atoms with van der Waals surface area (Å²) in [5.41, 5.74) is 2.16. The van der Waals surface area contributed by atoms with Crippen LogP contribution in [0.15, 0.2) is 18.2 Å². The minimum absolute atomic E-state index is 0.0551. The van der Waals surface area contributed by atoms with Gasteiger partial charge >= 0.3 is 0 Å². The van der Waals surface area contributed by atoms with Crippen LogP contribution in [0.1, 0.15) is 32.3 Å². The molecular formula is C14H18N2OS. The lowest BCUT2D eigenvalue weighted by Gasteiger charge is -2.03. The van der Waals surface area contributed by atoms with Crippen molar-refractivity contribution < 1.29 is 4.79 Å². The standard InChI is InChI=1S/C14H18N2OS/c1-9(2)4-7-13(17)16-14-15-11-6-5-10(3)8-12(11)18-14/h5-6,8-9H,4,7H2,1-3H3,(H,15,16,17). The third-order valence-electron chi connectivity index (χ3n) is 2.74. The molecule has 1 aromatic carbocycles. The van der Waals surface area contributed by atoms with E-state index in [1.165, 1.54) is 16.9 Å². The Balaban J connectivity index is 2.05. The molecule has 96 valence electrons. The van der Waals surface area contributed by atoms with Gasteiger partial charge in [0.1, 0.15) is 0 Å². The second-order valence-corrected chi connectivity index (χ2v) is 6.00. The molecule has 0 aliphatic carbocycles. The Morgan fingerprint density at radius 2 is 2.22 bits per heavy atom. The molecule has 3 nitrogen and oxygen atoms in total. The van der Waals surface area contributed by atoms with Crippen LogP contribution in [-0.4, -0.2) is 10.9 Å². The summed E-state index contributed by atoms with van der Waals surface area (Å²) in [5.74, 6) is 0.605. The number of carbonyl (C=O) groups excluding carboxylic acids is 1. The lowest BCUT2D eigenvalue weighted by Crippen LogP contribution is -2.11. The summed E-state index contributed by atoms with van der Waals surface area (Å²) in [4.78, 5) is 16.1. The highest BCUT2D eigenvalue weighted by molar-refractivity contribution is 7.22. The third kappa shape index (κ3) is 3.29. The van der Waals surface area contributed by atoms with E-state index in [4.69, 9.17) is 0 Å². The summed E-state index contributed by atoms with van der Waals surface area (Å²) < 4.78 is 1.12. The number of anilines is 1. The van der Waals surface area contributed by atoms with Crippen molar-refractivity contribution in [1.29, 1.82) is 0 Å². The first-order valence-corrected chi connectivity index (χ1v) is 7.03. The van der Waals surface area contributed by atoms with Gasteiger partial charge in [-0.15, -0.1) is 0 Å². The Labute approximate surface area is 111 Å². The van der Waals surface area contributed by atoms with E-state index in [0.29, 0.717) is 17.5 Å². The first-order chi connectivity index (χ1) is 8.54. The minimum Gasteiger partial charge on any atom is -0.302 e. The van der Waals surface area contributed by atoms with Gasteiger partial charge in [-0.2, -0.15) is 0 Å². The highest BCUT2D eigenvalue weighted by Gasteiger charge is 2.08. The lowest BCUT2D eigenvalue weighted by atomic mass is 10.1. The average Bonchev–Trinajstić information content (AvgIpc) is 2.67. The smallest absolute Gasteiger partial charge is 0.226 e. The van der Waals surface area contributed by atoms with Crippen LogP contribution >= 0.6 is 11.3 Å². The van der Waals surface area contributed by atoms with E-state index in [0.717, 1.165) is 16.6 Å². The van der Waals surface area contributed by atoms with Crippen LogP contribution in [0.3, 0.4) is 0 Å². The van der Waals surface area contributed by atoms with E-state index in [1.54, 1.807) is 0 Å². The number of hydrogen-bond acceptors (Lipinski definition) is 3. The van der Waals surface area contributed by atoms with Crippen LogP contribution in [0.25, 0.3) is 10.2 Å². The fourth-order valence-corrected chi connectivity index (χ4v) is 2.67. The Kier molecular flexibility index (Phi) is 3.97. The van der Waals surface area contributed by atoms with Gasteiger partial charge in [0.25, 0.3) is 0 Å². The third-order valence-corrected chi connectivity index (χ3v) is 3.67. The summed E-state index contributed by atoms with van der Waals surface area (Å²) in [5, 5.41) is 3.57. The van der Waals surface area contributed by atoms with Crippen molar-refractivity contribution in [2.45, 2.75) is 33.6 Å². The molecule has 0 saturated heterocycles. The van der Waals surface area contributed by atoms with Crippen LogP contribution < -0.4 is 5.32 Å². The van der Waals surface area contributed by atoms with E-state index in [9.17, 15) is 4.79 Å². The van der Waals surface area contributed by atoms with Crippen LogP contribution in [-0.2, 0) is 4.79 Å². The van der Waals surface area contributed by atoms with Crippen LogP contribution in [0.2, 0.25) is 0 Å². The molecule has 1 heterocycles. The van der Waals surface area contributed by atoms with Gasteiger partial charge < -0.3 is 5.32 Å². The molecule has 0 radical (unpaired) electrons. The number of benzene rings is 1. The predicted molar refractivity (Wildman–Crippen MR) is 77.1 cm³/mol. The zero-order valence-electron chi connectivity index (χ0n) is 11.0. The van der Waals surface area contributed by atoms with E-state index in [1.807, 2.05) is 12.1 Å². The number of rotatable bonds is 4. The molecule has 0 saturated carbocycles. The topological polar surface area (TPSA) is 42.0 Å². The summed E-state index contributed by atoms with van der Waals surface area (Å²) in [6.07, 6.45) is 1.47.